The van der Waals surface area contributed by atoms with E-state index in [-0.39, 0.29) is 5.52 Å². The molecule has 19 heavy (non-hydrogen) atoms. The molecule has 0 aliphatic rings. The monoisotopic (exact) mass is 271 g/mol. The van der Waals surface area contributed by atoms with Crippen LogP contribution in [0.4, 0.5) is 13.2 Å². The van der Waals surface area contributed by atoms with Gasteiger partial charge in [0, 0.05) is 11.5 Å². The Kier molecular flexibility index (Phi) is 3.26. The highest BCUT2D eigenvalue weighted by Crippen LogP contribution is 2.35. The van der Waals surface area contributed by atoms with Crippen molar-refractivity contribution in [1.82, 2.24) is 4.98 Å². The molecule has 6 heteroatoms. The van der Waals surface area contributed by atoms with Gasteiger partial charge in [-0.2, -0.15) is 13.2 Å². The van der Waals surface area contributed by atoms with E-state index >= 15 is 0 Å². The molecule has 0 atom stereocenters. The maximum Gasteiger partial charge on any atom is 0.433 e. The Morgan fingerprint density at radius 2 is 1.58 bits per heavy atom. The molecule has 1 aromatic heterocycles. The van der Waals surface area contributed by atoms with Gasteiger partial charge in [-0.25, -0.2) is 4.98 Å². The van der Waals surface area contributed by atoms with Crippen molar-refractivity contribution >= 4 is 10.9 Å². The number of halogens is 3. The molecule has 0 aliphatic heterocycles. The summed E-state index contributed by atoms with van der Waals surface area (Å²) in [6.07, 6.45) is -4.47. The van der Waals surface area contributed by atoms with Crippen LogP contribution < -0.4 is 9.47 Å². The first-order valence-corrected chi connectivity index (χ1v) is 5.47. The first kappa shape index (κ1) is 13.5. The molecule has 0 fully saturated rings. The highest BCUT2D eigenvalue weighted by atomic mass is 19.4. The van der Waals surface area contributed by atoms with E-state index in [1.165, 1.54) is 20.3 Å². The maximum absolute atomic E-state index is 12.7. The quantitative estimate of drug-likeness (QED) is 0.836. The van der Waals surface area contributed by atoms with E-state index in [4.69, 9.17) is 9.47 Å². The minimum atomic E-state index is -4.47. The SMILES string of the molecule is COc1cc2nc(C(F)(F)F)cc(C)c2cc1OC. The van der Waals surface area contributed by atoms with E-state index in [1.54, 1.807) is 13.0 Å². The van der Waals surface area contributed by atoms with Gasteiger partial charge in [0.2, 0.25) is 0 Å². The van der Waals surface area contributed by atoms with E-state index in [0.29, 0.717) is 22.4 Å². The molecular weight excluding hydrogens is 259 g/mol. The van der Waals surface area contributed by atoms with Crippen LogP contribution in [-0.4, -0.2) is 19.2 Å². The number of ether oxygens (including phenoxy) is 2. The highest BCUT2D eigenvalue weighted by Gasteiger charge is 2.33. The zero-order valence-electron chi connectivity index (χ0n) is 10.6. The molecule has 0 aliphatic carbocycles. The van der Waals surface area contributed by atoms with Crippen molar-refractivity contribution in [2.75, 3.05) is 14.2 Å². The number of rotatable bonds is 2. The lowest BCUT2D eigenvalue weighted by Gasteiger charge is -2.12. The summed E-state index contributed by atoms with van der Waals surface area (Å²) in [5.41, 5.74) is -0.201. The van der Waals surface area contributed by atoms with Crippen molar-refractivity contribution in [3.05, 3.63) is 29.5 Å². The molecule has 0 saturated heterocycles. The Hall–Kier alpha value is -1.98. The summed E-state index contributed by atoms with van der Waals surface area (Å²) in [4.78, 5) is 3.63. The largest absolute Gasteiger partial charge is 0.493 e. The van der Waals surface area contributed by atoms with Gasteiger partial charge >= 0.3 is 6.18 Å². The van der Waals surface area contributed by atoms with Gasteiger partial charge in [0.05, 0.1) is 19.7 Å². The molecular formula is C13H12F3NO2. The summed E-state index contributed by atoms with van der Waals surface area (Å²) in [6, 6.07) is 4.08. The number of nitrogens with zero attached hydrogens (tertiary/aromatic N) is 1. The number of pyridine rings is 1. The molecule has 1 aromatic carbocycles. The number of benzene rings is 1. The third-order valence-corrected chi connectivity index (χ3v) is 2.81. The summed E-state index contributed by atoms with van der Waals surface area (Å²) in [5.74, 6) is 0.806. The first-order valence-electron chi connectivity index (χ1n) is 5.47. The molecule has 2 rings (SSSR count). The second kappa shape index (κ2) is 4.60. The third kappa shape index (κ3) is 2.43. The molecule has 0 amide bonds. The minimum Gasteiger partial charge on any atom is -0.493 e. The molecule has 102 valence electrons. The number of fused-ring (bicyclic) bond motifs is 1. The van der Waals surface area contributed by atoms with Crippen molar-refractivity contribution < 1.29 is 22.6 Å². The number of aryl methyl sites for hydroxylation is 1. The van der Waals surface area contributed by atoms with Gasteiger partial charge < -0.3 is 9.47 Å². The van der Waals surface area contributed by atoms with Crippen LogP contribution >= 0.6 is 0 Å². The summed E-state index contributed by atoms with van der Waals surface area (Å²) in [7, 11) is 2.89. The molecule has 0 N–H and O–H groups in total. The number of methoxy groups -OCH3 is 2. The van der Waals surface area contributed by atoms with Crippen LogP contribution in [-0.2, 0) is 6.18 Å². The van der Waals surface area contributed by atoms with E-state index in [0.717, 1.165) is 6.07 Å². The minimum absolute atomic E-state index is 0.227. The Morgan fingerprint density at radius 3 is 2.11 bits per heavy atom. The second-order valence-corrected chi connectivity index (χ2v) is 4.05. The van der Waals surface area contributed by atoms with E-state index in [1.807, 2.05) is 0 Å². The highest BCUT2D eigenvalue weighted by molar-refractivity contribution is 5.85. The van der Waals surface area contributed by atoms with Crippen LogP contribution in [0.2, 0.25) is 0 Å². The van der Waals surface area contributed by atoms with Gasteiger partial charge in [-0.3, -0.25) is 0 Å². The summed E-state index contributed by atoms with van der Waals surface area (Å²) in [6.45, 7) is 1.60. The fourth-order valence-electron chi connectivity index (χ4n) is 1.87. The van der Waals surface area contributed by atoms with Crippen molar-refractivity contribution in [3.8, 4) is 11.5 Å². The van der Waals surface area contributed by atoms with Crippen molar-refractivity contribution in [2.24, 2.45) is 0 Å². The van der Waals surface area contributed by atoms with Gasteiger partial charge in [0.1, 0.15) is 5.69 Å². The Labute approximate surface area is 108 Å². The van der Waals surface area contributed by atoms with E-state index < -0.39 is 11.9 Å². The van der Waals surface area contributed by atoms with Crippen LogP contribution in [0.1, 0.15) is 11.3 Å². The van der Waals surface area contributed by atoms with Crippen LogP contribution in [0.5, 0.6) is 11.5 Å². The molecule has 0 unspecified atom stereocenters. The zero-order chi connectivity index (χ0) is 14.2. The van der Waals surface area contributed by atoms with Crippen LogP contribution in [0.15, 0.2) is 18.2 Å². The van der Waals surface area contributed by atoms with E-state index in [9.17, 15) is 13.2 Å². The standard InChI is InChI=1S/C13H12F3NO2/c1-7-4-12(13(14,15)16)17-9-6-11(19-3)10(18-2)5-8(7)9/h4-6H,1-3H3. The number of aromatic nitrogens is 1. The Balaban J connectivity index is 2.74. The van der Waals surface area contributed by atoms with Crippen LogP contribution in [0.3, 0.4) is 0 Å². The van der Waals surface area contributed by atoms with Gasteiger partial charge in [-0.15, -0.1) is 0 Å². The molecule has 1 heterocycles. The zero-order valence-corrected chi connectivity index (χ0v) is 10.6. The van der Waals surface area contributed by atoms with E-state index in [2.05, 4.69) is 4.98 Å². The summed E-state index contributed by atoms with van der Waals surface area (Å²) >= 11 is 0. The third-order valence-electron chi connectivity index (χ3n) is 2.81. The molecule has 0 spiro atoms. The fourth-order valence-corrected chi connectivity index (χ4v) is 1.87. The van der Waals surface area contributed by atoms with Gasteiger partial charge in [0.15, 0.2) is 11.5 Å². The number of alkyl halides is 3. The lowest BCUT2D eigenvalue weighted by atomic mass is 10.1. The van der Waals surface area contributed by atoms with Crippen molar-refractivity contribution in [2.45, 2.75) is 13.1 Å². The fraction of sp³-hybridized carbons (Fsp3) is 0.308. The topological polar surface area (TPSA) is 31.4 Å². The van der Waals surface area contributed by atoms with Crippen LogP contribution in [0, 0.1) is 6.92 Å². The molecule has 0 bridgehead atoms. The predicted molar refractivity (Wildman–Crippen MR) is 64.6 cm³/mol. The lowest BCUT2D eigenvalue weighted by Crippen LogP contribution is -2.08. The van der Waals surface area contributed by atoms with Gasteiger partial charge in [0.25, 0.3) is 0 Å². The average molecular weight is 271 g/mol. The predicted octanol–water partition coefficient (Wildman–Crippen LogP) is 3.58. The molecule has 0 radical (unpaired) electrons. The smallest absolute Gasteiger partial charge is 0.433 e. The lowest BCUT2D eigenvalue weighted by molar-refractivity contribution is -0.141. The Morgan fingerprint density at radius 1 is 1.00 bits per heavy atom. The summed E-state index contributed by atoms with van der Waals surface area (Å²) in [5, 5.41) is 0.602. The molecule has 0 saturated carbocycles. The van der Waals surface area contributed by atoms with Gasteiger partial charge in [-0.05, 0) is 24.6 Å². The molecule has 2 aromatic rings. The van der Waals surface area contributed by atoms with Gasteiger partial charge in [-0.1, -0.05) is 0 Å². The average Bonchev–Trinajstić information content (AvgIpc) is 2.36. The first-order chi connectivity index (χ1) is 8.86. The Bertz CT molecular complexity index is 623. The normalized spacial score (nSPS) is 11.7. The second-order valence-electron chi connectivity index (χ2n) is 4.05. The number of hydrogen-bond acceptors (Lipinski definition) is 3. The van der Waals surface area contributed by atoms with Crippen LogP contribution in [0.25, 0.3) is 10.9 Å². The van der Waals surface area contributed by atoms with Crippen molar-refractivity contribution in [1.29, 1.82) is 0 Å². The summed E-state index contributed by atoms with van der Waals surface area (Å²) < 4.78 is 48.3. The maximum atomic E-state index is 12.7. The number of hydrogen-bond donors (Lipinski definition) is 0. The van der Waals surface area contributed by atoms with Crippen molar-refractivity contribution in [3.63, 3.8) is 0 Å². The molecule has 3 nitrogen and oxygen atoms in total.